The van der Waals surface area contributed by atoms with Gasteiger partial charge in [0, 0.05) is 0 Å². The van der Waals surface area contributed by atoms with Crippen molar-refractivity contribution in [2.45, 2.75) is 45.4 Å². The van der Waals surface area contributed by atoms with E-state index in [-0.39, 0.29) is 25.6 Å². The Labute approximate surface area is 132 Å². The summed E-state index contributed by atoms with van der Waals surface area (Å²) < 4.78 is 46.5. The lowest BCUT2D eigenvalue weighted by Gasteiger charge is -2.41. The van der Waals surface area contributed by atoms with Crippen LogP contribution in [0.4, 0.5) is 4.39 Å². The number of ether oxygens (including phenoxy) is 3. The minimum absolute atomic E-state index is 0.123. The molecule has 1 fully saturated rings. The van der Waals surface area contributed by atoms with Gasteiger partial charge in [-0.05, 0) is 34.6 Å². The molecule has 8 heteroatoms. The second-order valence-corrected chi connectivity index (χ2v) is 7.49. The smallest absolute Gasteiger partial charge is 0.324 e. The zero-order chi connectivity index (χ0) is 17.2. The van der Waals surface area contributed by atoms with Crippen LogP contribution in [0, 0.1) is 5.41 Å². The molecule has 128 valence electrons. The second kappa shape index (κ2) is 6.64. The number of hydrogen-bond donors (Lipinski definition) is 0. The van der Waals surface area contributed by atoms with Crippen molar-refractivity contribution < 1.29 is 31.8 Å². The van der Waals surface area contributed by atoms with E-state index < -0.39 is 33.3 Å². The second-order valence-electron chi connectivity index (χ2n) is 5.88. The van der Waals surface area contributed by atoms with E-state index >= 15 is 0 Å². The van der Waals surface area contributed by atoms with Gasteiger partial charge in [-0.3, -0.25) is 4.79 Å². The van der Waals surface area contributed by atoms with Crippen molar-refractivity contribution in [2.75, 3.05) is 19.8 Å². The summed E-state index contributed by atoms with van der Waals surface area (Å²) >= 11 is -2.32. The maximum atomic E-state index is 13.7. The summed E-state index contributed by atoms with van der Waals surface area (Å²) in [7, 11) is 0. The van der Waals surface area contributed by atoms with Crippen LogP contribution in [0.25, 0.3) is 0 Å². The predicted molar refractivity (Wildman–Crippen MR) is 78.6 cm³/mol. The Morgan fingerprint density at radius 3 is 2.27 bits per heavy atom. The molecule has 0 aromatic rings. The standard InChI is InChI=1S/C14H23FO6S/c1-7-18-11(16)14(8-19-13(5,6)20-9-14)10(2)21-22(17)12(3,4)15/h2,7-9H2,1,3-6H3. The number of carbonyl (C=O) groups excluding carboxylic acids is 1. The van der Waals surface area contributed by atoms with E-state index in [1.54, 1.807) is 20.8 Å². The Morgan fingerprint density at radius 1 is 1.36 bits per heavy atom. The molecule has 0 bridgehead atoms. The summed E-state index contributed by atoms with van der Waals surface area (Å²) in [5.41, 5.74) is -1.48. The molecule has 0 aliphatic carbocycles. The van der Waals surface area contributed by atoms with Crippen molar-refractivity contribution in [3.8, 4) is 0 Å². The van der Waals surface area contributed by atoms with Gasteiger partial charge in [0.1, 0.15) is 5.76 Å². The maximum Gasteiger partial charge on any atom is 0.324 e. The predicted octanol–water partition coefficient (Wildman–Crippen LogP) is 2.22. The van der Waals surface area contributed by atoms with Crippen LogP contribution in [0.5, 0.6) is 0 Å². The number of rotatable bonds is 6. The molecule has 0 aromatic carbocycles. The van der Waals surface area contributed by atoms with Crippen LogP contribution in [-0.4, -0.2) is 40.8 Å². The van der Waals surface area contributed by atoms with Crippen molar-refractivity contribution in [1.82, 2.24) is 0 Å². The number of carbonyl (C=O) groups is 1. The van der Waals surface area contributed by atoms with Gasteiger partial charge >= 0.3 is 5.97 Å². The molecule has 0 amide bonds. The van der Waals surface area contributed by atoms with Gasteiger partial charge in [0.25, 0.3) is 0 Å². The lowest BCUT2D eigenvalue weighted by atomic mass is 9.87. The van der Waals surface area contributed by atoms with E-state index in [4.69, 9.17) is 18.4 Å². The van der Waals surface area contributed by atoms with Gasteiger partial charge < -0.3 is 18.4 Å². The first-order valence-electron chi connectivity index (χ1n) is 6.88. The normalized spacial score (nSPS) is 21.7. The molecule has 1 atom stereocenters. The Bertz CT molecular complexity index is 458. The van der Waals surface area contributed by atoms with Gasteiger partial charge in [-0.25, -0.2) is 8.60 Å². The van der Waals surface area contributed by atoms with Gasteiger partial charge in [-0.1, -0.05) is 6.58 Å². The largest absolute Gasteiger partial charge is 0.465 e. The first-order valence-corrected chi connectivity index (χ1v) is 7.96. The van der Waals surface area contributed by atoms with E-state index in [0.29, 0.717) is 0 Å². The third kappa shape index (κ3) is 4.27. The molecular formula is C14H23FO6S. The van der Waals surface area contributed by atoms with Crippen LogP contribution >= 0.6 is 0 Å². The van der Waals surface area contributed by atoms with Crippen LogP contribution in [0.1, 0.15) is 34.6 Å². The number of alkyl halides is 1. The highest BCUT2D eigenvalue weighted by molar-refractivity contribution is 7.81. The van der Waals surface area contributed by atoms with E-state index in [2.05, 4.69) is 6.58 Å². The molecule has 1 heterocycles. The monoisotopic (exact) mass is 338 g/mol. The van der Waals surface area contributed by atoms with E-state index in [9.17, 15) is 13.4 Å². The molecule has 1 aliphatic rings. The highest BCUT2D eigenvalue weighted by Crippen LogP contribution is 2.38. The summed E-state index contributed by atoms with van der Waals surface area (Å²) in [6.07, 6.45) is 0. The summed E-state index contributed by atoms with van der Waals surface area (Å²) in [5, 5.41) is -2.10. The Hall–Kier alpha value is -0.990. The molecule has 1 rings (SSSR count). The molecule has 0 saturated carbocycles. The van der Waals surface area contributed by atoms with Crippen LogP contribution in [0.15, 0.2) is 12.3 Å². The molecule has 1 aliphatic heterocycles. The highest BCUT2D eigenvalue weighted by atomic mass is 32.2. The average molecular weight is 338 g/mol. The van der Waals surface area contributed by atoms with Crippen molar-refractivity contribution in [3.63, 3.8) is 0 Å². The number of hydrogen-bond acceptors (Lipinski definition) is 6. The lowest BCUT2D eigenvalue weighted by Crippen LogP contribution is -2.52. The van der Waals surface area contributed by atoms with Gasteiger partial charge in [0.15, 0.2) is 11.2 Å². The average Bonchev–Trinajstić information content (AvgIpc) is 2.38. The molecule has 0 spiro atoms. The summed E-state index contributed by atoms with van der Waals surface area (Å²) in [5.74, 6) is -1.76. The van der Waals surface area contributed by atoms with Crippen molar-refractivity contribution in [2.24, 2.45) is 5.41 Å². The molecule has 1 saturated heterocycles. The van der Waals surface area contributed by atoms with Crippen LogP contribution < -0.4 is 0 Å². The van der Waals surface area contributed by atoms with Crippen LogP contribution in [0.2, 0.25) is 0 Å². The Kier molecular flexibility index (Phi) is 5.75. The van der Waals surface area contributed by atoms with Gasteiger partial charge in [0.05, 0.1) is 19.8 Å². The maximum absolute atomic E-state index is 13.7. The lowest BCUT2D eigenvalue weighted by molar-refractivity contribution is -0.280. The molecule has 6 nitrogen and oxygen atoms in total. The van der Waals surface area contributed by atoms with Crippen molar-refractivity contribution in [3.05, 3.63) is 12.3 Å². The van der Waals surface area contributed by atoms with Crippen LogP contribution in [-0.2, 0) is 34.3 Å². The first kappa shape index (κ1) is 19.1. The van der Waals surface area contributed by atoms with Gasteiger partial charge in [-0.15, -0.1) is 0 Å². The first-order chi connectivity index (χ1) is 9.94. The molecule has 0 aromatic heterocycles. The van der Waals surface area contributed by atoms with E-state index in [1.807, 2.05) is 0 Å². The molecule has 0 radical (unpaired) electrons. The molecule has 22 heavy (non-hydrogen) atoms. The summed E-state index contributed by atoms with van der Waals surface area (Å²) in [6.45, 7) is 10.7. The quantitative estimate of drug-likeness (QED) is 0.546. The van der Waals surface area contributed by atoms with E-state index in [1.165, 1.54) is 0 Å². The Balaban J connectivity index is 2.99. The van der Waals surface area contributed by atoms with Crippen molar-refractivity contribution in [1.29, 1.82) is 0 Å². The SMILES string of the molecule is C=C(OS(=O)C(C)(C)F)C1(C(=O)OCC)COC(C)(C)OC1. The zero-order valence-electron chi connectivity index (χ0n) is 13.6. The third-order valence-corrected chi connectivity index (χ3v) is 4.25. The van der Waals surface area contributed by atoms with Crippen LogP contribution in [0.3, 0.4) is 0 Å². The van der Waals surface area contributed by atoms with Gasteiger partial charge in [-0.2, -0.15) is 0 Å². The fourth-order valence-electron chi connectivity index (χ4n) is 1.61. The molecule has 0 N–H and O–H groups in total. The highest BCUT2D eigenvalue weighted by Gasteiger charge is 2.52. The Morgan fingerprint density at radius 2 is 1.86 bits per heavy atom. The number of halogens is 1. The minimum Gasteiger partial charge on any atom is -0.465 e. The topological polar surface area (TPSA) is 71.1 Å². The molecular weight excluding hydrogens is 315 g/mol. The zero-order valence-corrected chi connectivity index (χ0v) is 14.4. The fraction of sp³-hybridized carbons (Fsp3) is 0.786. The van der Waals surface area contributed by atoms with Gasteiger partial charge in [0.2, 0.25) is 16.1 Å². The summed E-state index contributed by atoms with van der Waals surface area (Å²) in [6, 6.07) is 0. The van der Waals surface area contributed by atoms with E-state index in [0.717, 1.165) is 13.8 Å². The minimum atomic E-state index is -2.32. The fourth-order valence-corrected chi connectivity index (χ4v) is 2.15. The van der Waals surface area contributed by atoms with Crippen molar-refractivity contribution >= 4 is 17.0 Å². The summed E-state index contributed by atoms with van der Waals surface area (Å²) in [4.78, 5) is 12.3. The number of esters is 1. The molecule has 1 unspecified atom stereocenters. The third-order valence-electron chi connectivity index (χ3n) is 3.10.